The summed E-state index contributed by atoms with van der Waals surface area (Å²) in [5, 5.41) is -0.178. The summed E-state index contributed by atoms with van der Waals surface area (Å²) in [5.41, 5.74) is 0. The fourth-order valence-corrected chi connectivity index (χ4v) is 3.65. The van der Waals surface area contributed by atoms with Crippen molar-refractivity contribution < 1.29 is 4.79 Å². The lowest BCUT2D eigenvalue weighted by Crippen LogP contribution is -1.86. The van der Waals surface area contributed by atoms with E-state index in [0.29, 0.717) is 6.42 Å². The number of carbonyl (C=O) groups is 1. The molecule has 0 atom stereocenters. The third kappa shape index (κ3) is 24.0. The second kappa shape index (κ2) is 22.0. The molecule has 0 unspecified atom stereocenters. The van der Waals surface area contributed by atoms with Gasteiger partial charge in [-0.05, 0) is 18.0 Å². The summed E-state index contributed by atoms with van der Waals surface area (Å²) in [6, 6.07) is 0. The highest BCUT2D eigenvalue weighted by atomic mass is 35.5. The van der Waals surface area contributed by atoms with E-state index in [2.05, 4.69) is 6.92 Å². The second-order valence-electron chi connectivity index (χ2n) is 7.82. The van der Waals surface area contributed by atoms with Crippen LogP contribution >= 0.6 is 11.6 Å². The lowest BCUT2D eigenvalue weighted by Gasteiger charge is -2.04. The van der Waals surface area contributed by atoms with Gasteiger partial charge in [-0.25, -0.2) is 0 Å². The van der Waals surface area contributed by atoms with Gasteiger partial charge in [-0.15, -0.1) is 0 Å². The van der Waals surface area contributed by atoms with Gasteiger partial charge in [0.25, 0.3) is 0 Å². The summed E-state index contributed by atoms with van der Waals surface area (Å²) in [6.07, 6.45) is 28.2. The summed E-state index contributed by atoms with van der Waals surface area (Å²) < 4.78 is 0. The monoisotopic (exact) mass is 372 g/mol. The fraction of sp³-hybridized carbons (Fsp3) is 0.957. The van der Waals surface area contributed by atoms with Gasteiger partial charge in [-0.2, -0.15) is 0 Å². The Morgan fingerprint density at radius 2 is 0.720 bits per heavy atom. The highest BCUT2D eigenvalue weighted by Gasteiger charge is 1.97. The zero-order valence-corrected chi connectivity index (χ0v) is 17.9. The Bertz CT molecular complexity index is 265. The van der Waals surface area contributed by atoms with Crippen molar-refractivity contribution in [2.75, 3.05) is 0 Å². The lowest BCUT2D eigenvalue weighted by molar-refractivity contribution is -0.111. The van der Waals surface area contributed by atoms with Crippen molar-refractivity contribution in [2.45, 2.75) is 142 Å². The van der Waals surface area contributed by atoms with E-state index in [9.17, 15) is 4.79 Å². The van der Waals surface area contributed by atoms with Gasteiger partial charge in [-0.3, -0.25) is 4.79 Å². The molecule has 0 amide bonds. The minimum absolute atomic E-state index is 0.178. The van der Waals surface area contributed by atoms with Gasteiger partial charge in [0.05, 0.1) is 0 Å². The largest absolute Gasteiger partial charge is 0.281 e. The highest BCUT2D eigenvalue weighted by Crippen LogP contribution is 2.15. The molecule has 0 saturated heterocycles. The average molecular weight is 373 g/mol. The fourth-order valence-electron chi connectivity index (χ4n) is 3.52. The maximum Gasteiger partial charge on any atom is 0.221 e. The number of hydrogen-bond donors (Lipinski definition) is 0. The van der Waals surface area contributed by atoms with Crippen LogP contribution in [0.15, 0.2) is 0 Å². The molecule has 0 bridgehead atoms. The van der Waals surface area contributed by atoms with Gasteiger partial charge in [-0.1, -0.05) is 129 Å². The minimum atomic E-state index is -0.178. The highest BCUT2D eigenvalue weighted by molar-refractivity contribution is 6.63. The van der Waals surface area contributed by atoms with E-state index in [1.54, 1.807) is 0 Å². The topological polar surface area (TPSA) is 17.1 Å². The molecule has 0 aromatic carbocycles. The molecule has 0 saturated carbocycles. The number of hydrogen-bond acceptors (Lipinski definition) is 1. The second-order valence-corrected chi connectivity index (χ2v) is 8.24. The van der Waals surface area contributed by atoms with E-state index < -0.39 is 0 Å². The molecular formula is C23H45ClO. The maximum absolute atomic E-state index is 10.6. The molecular weight excluding hydrogens is 328 g/mol. The van der Waals surface area contributed by atoms with Crippen LogP contribution in [0.5, 0.6) is 0 Å². The van der Waals surface area contributed by atoms with E-state index in [0.717, 1.165) is 12.8 Å². The molecule has 0 aliphatic carbocycles. The Morgan fingerprint density at radius 3 is 0.960 bits per heavy atom. The zero-order chi connectivity index (χ0) is 18.4. The summed E-state index contributed by atoms with van der Waals surface area (Å²) in [4.78, 5) is 10.6. The third-order valence-corrected chi connectivity index (χ3v) is 5.42. The summed E-state index contributed by atoms with van der Waals surface area (Å²) in [6.45, 7) is 2.29. The Hall–Kier alpha value is -0.0400. The Kier molecular flexibility index (Phi) is 22.0. The predicted octanol–water partition coefficient (Wildman–Crippen LogP) is 8.96. The van der Waals surface area contributed by atoms with Gasteiger partial charge in [0, 0.05) is 6.42 Å². The molecule has 0 aromatic rings. The van der Waals surface area contributed by atoms with Crippen molar-refractivity contribution in [3.05, 3.63) is 0 Å². The van der Waals surface area contributed by atoms with E-state index >= 15 is 0 Å². The lowest BCUT2D eigenvalue weighted by atomic mass is 10.0. The molecule has 0 rings (SSSR count). The Balaban J connectivity index is 2.97. The van der Waals surface area contributed by atoms with Crippen LogP contribution in [-0.2, 0) is 4.79 Å². The third-order valence-electron chi connectivity index (χ3n) is 5.23. The number of carbonyl (C=O) groups excluding carboxylic acids is 1. The van der Waals surface area contributed by atoms with Crippen LogP contribution in [0, 0.1) is 0 Å². The van der Waals surface area contributed by atoms with Crippen LogP contribution in [-0.4, -0.2) is 5.24 Å². The predicted molar refractivity (Wildman–Crippen MR) is 113 cm³/mol. The molecule has 0 aliphatic rings. The average Bonchev–Trinajstić information content (AvgIpc) is 2.60. The maximum atomic E-state index is 10.6. The van der Waals surface area contributed by atoms with Crippen molar-refractivity contribution in [2.24, 2.45) is 0 Å². The first-order valence-electron chi connectivity index (χ1n) is 11.5. The first kappa shape index (κ1) is 25.0. The summed E-state index contributed by atoms with van der Waals surface area (Å²) in [5.74, 6) is 0. The first-order chi connectivity index (χ1) is 12.3. The normalized spacial score (nSPS) is 11.1. The molecule has 0 N–H and O–H groups in total. The summed E-state index contributed by atoms with van der Waals surface area (Å²) in [7, 11) is 0. The molecule has 1 nitrogen and oxygen atoms in total. The van der Waals surface area contributed by atoms with Gasteiger partial charge in [0.15, 0.2) is 0 Å². The quantitative estimate of drug-likeness (QED) is 0.145. The van der Waals surface area contributed by atoms with Crippen LogP contribution in [0.3, 0.4) is 0 Å². The molecule has 0 aromatic heterocycles. The van der Waals surface area contributed by atoms with Crippen LogP contribution in [0.2, 0.25) is 0 Å². The van der Waals surface area contributed by atoms with Crippen molar-refractivity contribution in [3.8, 4) is 0 Å². The number of halogens is 1. The van der Waals surface area contributed by atoms with E-state index in [4.69, 9.17) is 11.6 Å². The SMILES string of the molecule is CCCCCCCCCCCCCCCCCCCCCCC(=O)Cl. The number of unbranched alkanes of at least 4 members (excludes halogenated alkanes) is 19. The van der Waals surface area contributed by atoms with Crippen LogP contribution in [0.4, 0.5) is 0 Å². The molecule has 0 heterocycles. The van der Waals surface area contributed by atoms with Crippen LogP contribution in [0.1, 0.15) is 142 Å². The molecule has 0 fully saturated rings. The van der Waals surface area contributed by atoms with Gasteiger partial charge >= 0.3 is 0 Å². The van der Waals surface area contributed by atoms with E-state index in [1.807, 2.05) is 0 Å². The molecule has 0 radical (unpaired) electrons. The Morgan fingerprint density at radius 1 is 0.480 bits per heavy atom. The standard InChI is InChI=1S/C23H45ClO/c1-2-3-4-5-6-7-8-9-10-11-12-13-14-15-16-17-18-19-20-21-22-23(24)25/h2-22H2,1H3. The zero-order valence-electron chi connectivity index (χ0n) is 17.1. The van der Waals surface area contributed by atoms with Crippen molar-refractivity contribution >= 4 is 16.8 Å². The Labute approximate surface area is 163 Å². The molecule has 25 heavy (non-hydrogen) atoms. The van der Waals surface area contributed by atoms with Crippen LogP contribution < -0.4 is 0 Å². The van der Waals surface area contributed by atoms with Crippen LogP contribution in [0.25, 0.3) is 0 Å². The van der Waals surface area contributed by atoms with E-state index in [-0.39, 0.29) is 5.24 Å². The molecule has 150 valence electrons. The number of rotatable bonds is 21. The smallest absolute Gasteiger partial charge is 0.221 e. The minimum Gasteiger partial charge on any atom is -0.281 e. The van der Waals surface area contributed by atoms with E-state index in [1.165, 1.54) is 116 Å². The van der Waals surface area contributed by atoms with Crippen molar-refractivity contribution in [1.82, 2.24) is 0 Å². The van der Waals surface area contributed by atoms with Gasteiger partial charge in [0.2, 0.25) is 5.24 Å². The first-order valence-corrected chi connectivity index (χ1v) is 11.8. The van der Waals surface area contributed by atoms with Gasteiger partial charge in [0.1, 0.15) is 0 Å². The summed E-state index contributed by atoms with van der Waals surface area (Å²) >= 11 is 5.33. The molecule has 0 spiro atoms. The van der Waals surface area contributed by atoms with Crippen molar-refractivity contribution in [3.63, 3.8) is 0 Å². The van der Waals surface area contributed by atoms with Crippen molar-refractivity contribution in [1.29, 1.82) is 0 Å². The molecule has 0 aliphatic heterocycles. The molecule has 2 heteroatoms. The van der Waals surface area contributed by atoms with Gasteiger partial charge < -0.3 is 0 Å².